The fourth-order valence-corrected chi connectivity index (χ4v) is 2.59. The van der Waals surface area contributed by atoms with Crippen LogP contribution in [0.4, 0.5) is 4.39 Å². The fraction of sp³-hybridized carbons (Fsp3) is 0.308. The molecule has 1 unspecified atom stereocenters. The van der Waals surface area contributed by atoms with Crippen LogP contribution in [0.25, 0.3) is 10.1 Å². The first-order valence-electron chi connectivity index (χ1n) is 5.79. The van der Waals surface area contributed by atoms with Gasteiger partial charge in [-0.25, -0.2) is 4.39 Å². The van der Waals surface area contributed by atoms with E-state index in [0.717, 1.165) is 16.5 Å². The number of hydrogen-bond acceptors (Lipinski definition) is 3. The predicted octanol–water partition coefficient (Wildman–Crippen LogP) is 2.93. The molecule has 3 N–H and O–H groups in total. The minimum Gasteiger partial charge on any atom is -0.351 e. The zero-order valence-corrected chi connectivity index (χ0v) is 12.1. The van der Waals surface area contributed by atoms with Gasteiger partial charge in [0.1, 0.15) is 5.82 Å². The number of benzene rings is 1. The summed E-state index contributed by atoms with van der Waals surface area (Å²) in [5.74, 6) is -0.415. The summed E-state index contributed by atoms with van der Waals surface area (Å²) in [5, 5.41) is 3.57. The monoisotopic (exact) mass is 302 g/mol. The van der Waals surface area contributed by atoms with E-state index in [9.17, 15) is 9.18 Å². The lowest BCUT2D eigenvalue weighted by molar-refractivity contribution is 0.0957. The summed E-state index contributed by atoms with van der Waals surface area (Å²) in [6.07, 6.45) is 0.741. The molecule has 1 heterocycles. The molecule has 104 valence electrons. The van der Waals surface area contributed by atoms with Crippen LogP contribution in [0.2, 0.25) is 0 Å². The summed E-state index contributed by atoms with van der Waals surface area (Å²) >= 11 is 1.36. The Morgan fingerprint density at radius 1 is 1.47 bits per heavy atom. The summed E-state index contributed by atoms with van der Waals surface area (Å²) in [4.78, 5) is 12.4. The van der Waals surface area contributed by atoms with Gasteiger partial charge in [0.2, 0.25) is 0 Å². The number of halogens is 2. The first-order valence-corrected chi connectivity index (χ1v) is 6.61. The van der Waals surface area contributed by atoms with Gasteiger partial charge < -0.3 is 11.1 Å². The highest BCUT2D eigenvalue weighted by Gasteiger charge is 2.10. The van der Waals surface area contributed by atoms with Crippen molar-refractivity contribution in [3.05, 3.63) is 35.0 Å². The Bertz CT molecular complexity index is 571. The van der Waals surface area contributed by atoms with Crippen molar-refractivity contribution in [3.63, 3.8) is 0 Å². The van der Waals surface area contributed by atoms with E-state index in [1.807, 2.05) is 6.92 Å². The second-order valence-electron chi connectivity index (χ2n) is 4.31. The topological polar surface area (TPSA) is 55.1 Å². The van der Waals surface area contributed by atoms with Crippen LogP contribution in [0, 0.1) is 5.82 Å². The largest absolute Gasteiger partial charge is 0.351 e. The van der Waals surface area contributed by atoms with Gasteiger partial charge in [0.15, 0.2) is 0 Å². The van der Waals surface area contributed by atoms with Gasteiger partial charge in [-0.3, -0.25) is 4.79 Å². The standard InChI is InChI=1S/C13H15FN2OS.ClH/c1-8(15)4-5-16-13(17)12-7-9-6-10(14)2-3-11(9)18-12;/h2-3,6-8H,4-5,15H2,1H3,(H,16,17);1H. The molecule has 2 rings (SSSR count). The van der Waals surface area contributed by atoms with Crippen LogP contribution in [-0.2, 0) is 0 Å². The first kappa shape index (κ1) is 15.9. The number of amides is 1. The third-order valence-electron chi connectivity index (χ3n) is 2.59. The summed E-state index contributed by atoms with van der Waals surface area (Å²) in [6.45, 7) is 2.45. The van der Waals surface area contributed by atoms with Crippen molar-refractivity contribution in [2.75, 3.05) is 6.54 Å². The van der Waals surface area contributed by atoms with Crippen molar-refractivity contribution in [3.8, 4) is 0 Å². The van der Waals surface area contributed by atoms with Gasteiger partial charge in [-0.15, -0.1) is 23.7 Å². The van der Waals surface area contributed by atoms with Crippen molar-refractivity contribution in [1.82, 2.24) is 5.32 Å². The quantitative estimate of drug-likeness (QED) is 0.912. The number of nitrogens with two attached hydrogens (primary N) is 1. The molecule has 0 fully saturated rings. The van der Waals surface area contributed by atoms with Crippen molar-refractivity contribution in [2.45, 2.75) is 19.4 Å². The Hall–Kier alpha value is -1.17. The highest BCUT2D eigenvalue weighted by Crippen LogP contribution is 2.26. The zero-order chi connectivity index (χ0) is 13.1. The smallest absolute Gasteiger partial charge is 0.261 e. The van der Waals surface area contributed by atoms with Crippen LogP contribution in [0.15, 0.2) is 24.3 Å². The molecule has 0 aliphatic heterocycles. The lowest BCUT2D eigenvalue weighted by atomic mass is 10.2. The zero-order valence-electron chi connectivity index (χ0n) is 10.5. The van der Waals surface area contributed by atoms with Gasteiger partial charge in [0.25, 0.3) is 5.91 Å². The van der Waals surface area contributed by atoms with E-state index < -0.39 is 0 Å². The molecule has 1 atom stereocenters. The number of carbonyl (C=O) groups is 1. The van der Waals surface area contributed by atoms with Crippen molar-refractivity contribution >= 4 is 39.7 Å². The minimum atomic E-state index is -0.288. The molecule has 0 spiro atoms. The molecule has 3 nitrogen and oxygen atoms in total. The highest BCUT2D eigenvalue weighted by molar-refractivity contribution is 7.20. The van der Waals surface area contributed by atoms with Gasteiger partial charge in [0.05, 0.1) is 4.88 Å². The van der Waals surface area contributed by atoms with E-state index in [2.05, 4.69) is 5.32 Å². The number of fused-ring (bicyclic) bond motifs is 1. The van der Waals surface area contributed by atoms with Crippen LogP contribution in [0.5, 0.6) is 0 Å². The lowest BCUT2D eigenvalue weighted by Crippen LogP contribution is -2.28. The molecule has 0 saturated heterocycles. The molecule has 2 aromatic rings. The summed E-state index contributed by atoms with van der Waals surface area (Å²) < 4.78 is 13.9. The SMILES string of the molecule is CC(N)CCNC(=O)c1cc2cc(F)ccc2s1.Cl. The second-order valence-corrected chi connectivity index (χ2v) is 5.40. The number of hydrogen-bond donors (Lipinski definition) is 2. The number of rotatable bonds is 4. The highest BCUT2D eigenvalue weighted by atomic mass is 35.5. The van der Waals surface area contributed by atoms with Crippen LogP contribution in [0.1, 0.15) is 23.0 Å². The summed E-state index contributed by atoms with van der Waals surface area (Å²) in [5.41, 5.74) is 5.60. The van der Waals surface area contributed by atoms with Gasteiger partial charge in [-0.2, -0.15) is 0 Å². The van der Waals surface area contributed by atoms with E-state index in [0.29, 0.717) is 11.4 Å². The van der Waals surface area contributed by atoms with Crippen LogP contribution in [-0.4, -0.2) is 18.5 Å². The Labute approximate surface area is 121 Å². The van der Waals surface area contributed by atoms with Crippen molar-refractivity contribution < 1.29 is 9.18 Å². The summed E-state index contributed by atoms with van der Waals surface area (Å²) in [6, 6.07) is 6.31. The molecule has 0 saturated carbocycles. The van der Waals surface area contributed by atoms with E-state index in [4.69, 9.17) is 5.73 Å². The molecule has 1 aromatic carbocycles. The van der Waals surface area contributed by atoms with E-state index in [1.165, 1.54) is 23.5 Å². The molecule has 6 heteroatoms. The van der Waals surface area contributed by atoms with Crippen LogP contribution < -0.4 is 11.1 Å². The Morgan fingerprint density at radius 3 is 2.89 bits per heavy atom. The number of thiophene rings is 1. The molecule has 0 bridgehead atoms. The normalized spacial score (nSPS) is 11.9. The van der Waals surface area contributed by atoms with Gasteiger partial charge in [-0.1, -0.05) is 0 Å². The van der Waals surface area contributed by atoms with Crippen molar-refractivity contribution in [2.24, 2.45) is 5.73 Å². The van der Waals surface area contributed by atoms with Crippen molar-refractivity contribution in [1.29, 1.82) is 0 Å². The van der Waals surface area contributed by atoms with Crippen LogP contribution in [0.3, 0.4) is 0 Å². The van der Waals surface area contributed by atoms with Gasteiger partial charge in [-0.05, 0) is 43.0 Å². The number of carbonyl (C=O) groups excluding carboxylic acids is 1. The lowest BCUT2D eigenvalue weighted by Gasteiger charge is -2.05. The minimum absolute atomic E-state index is 0. The molecule has 1 amide bonds. The first-order chi connectivity index (χ1) is 8.56. The average Bonchev–Trinajstić information content (AvgIpc) is 2.71. The Kier molecular flexibility index (Phi) is 5.72. The molecule has 1 aromatic heterocycles. The molecule has 19 heavy (non-hydrogen) atoms. The third-order valence-corrected chi connectivity index (χ3v) is 3.70. The van der Waals surface area contributed by atoms with E-state index in [1.54, 1.807) is 12.1 Å². The Morgan fingerprint density at radius 2 is 2.21 bits per heavy atom. The summed E-state index contributed by atoms with van der Waals surface area (Å²) in [7, 11) is 0. The second kappa shape index (κ2) is 6.84. The maximum absolute atomic E-state index is 13.0. The maximum Gasteiger partial charge on any atom is 0.261 e. The average molecular weight is 303 g/mol. The molecular weight excluding hydrogens is 287 g/mol. The van der Waals surface area contributed by atoms with Gasteiger partial charge in [0, 0.05) is 17.3 Å². The van der Waals surface area contributed by atoms with Gasteiger partial charge >= 0.3 is 0 Å². The van der Waals surface area contributed by atoms with E-state index >= 15 is 0 Å². The Balaban J connectivity index is 0.00000180. The van der Waals surface area contributed by atoms with Crippen LogP contribution >= 0.6 is 23.7 Å². The maximum atomic E-state index is 13.0. The molecule has 0 aliphatic rings. The third kappa shape index (κ3) is 4.16. The predicted molar refractivity (Wildman–Crippen MR) is 79.6 cm³/mol. The fourth-order valence-electron chi connectivity index (χ4n) is 1.63. The molecule has 0 aliphatic carbocycles. The van der Waals surface area contributed by atoms with E-state index in [-0.39, 0.29) is 30.2 Å². The molecule has 0 radical (unpaired) electrons. The molecular formula is C13H16ClFN2OS. The number of nitrogens with one attached hydrogen (secondary N) is 1.